The zero-order valence-electron chi connectivity index (χ0n) is 16.8. The number of aromatic amines is 1. The summed E-state index contributed by atoms with van der Waals surface area (Å²) in [5.41, 5.74) is -0.509. The van der Waals surface area contributed by atoms with Gasteiger partial charge in [-0.3, -0.25) is 10.1 Å². The fourth-order valence-corrected chi connectivity index (χ4v) is 2.20. The van der Waals surface area contributed by atoms with Gasteiger partial charge in [-0.05, 0) is 39.8 Å². The summed E-state index contributed by atoms with van der Waals surface area (Å²) in [6.07, 6.45) is 1.76. The molecule has 154 valence electrons. The summed E-state index contributed by atoms with van der Waals surface area (Å²) in [5.74, 6) is 2.55. The minimum atomic E-state index is -0.509. The highest BCUT2D eigenvalue weighted by atomic mass is 16.6. The average molecular weight is 391 g/mol. The van der Waals surface area contributed by atoms with Crippen LogP contribution in [0.25, 0.3) is 11.6 Å². The molecule has 0 aliphatic rings. The van der Waals surface area contributed by atoms with E-state index in [0.717, 1.165) is 12.4 Å². The highest BCUT2D eigenvalue weighted by Crippen LogP contribution is 2.14. The molecular formula is C18H29N7O3. The van der Waals surface area contributed by atoms with E-state index in [9.17, 15) is 4.79 Å². The van der Waals surface area contributed by atoms with Crippen molar-refractivity contribution in [2.45, 2.75) is 39.7 Å². The number of nitrogens with zero attached hydrogens (tertiary/aromatic N) is 3. The summed E-state index contributed by atoms with van der Waals surface area (Å²) in [4.78, 5) is 20.5. The second-order valence-electron chi connectivity index (χ2n) is 6.95. The number of hydrogen-bond donors (Lipinski definition) is 4. The number of ether oxygens (including phenoxy) is 1. The van der Waals surface area contributed by atoms with Crippen LogP contribution in [0.2, 0.25) is 0 Å². The Bertz CT molecular complexity index is 748. The Labute approximate surface area is 164 Å². The minimum absolute atomic E-state index is 0.425. The summed E-state index contributed by atoms with van der Waals surface area (Å²) in [5, 5.41) is 16.0. The second kappa shape index (κ2) is 10.3. The van der Waals surface area contributed by atoms with Gasteiger partial charge in [0.25, 0.3) is 0 Å². The van der Waals surface area contributed by atoms with Crippen LogP contribution in [-0.2, 0) is 11.2 Å². The number of H-pyrrole nitrogens is 1. The van der Waals surface area contributed by atoms with Crippen LogP contribution in [0.1, 0.15) is 33.5 Å². The number of guanidine groups is 1. The lowest BCUT2D eigenvalue weighted by atomic mass is 10.2. The molecule has 28 heavy (non-hydrogen) atoms. The molecule has 0 saturated heterocycles. The molecule has 0 aliphatic heterocycles. The van der Waals surface area contributed by atoms with Gasteiger partial charge in [0.1, 0.15) is 11.4 Å². The van der Waals surface area contributed by atoms with Crippen molar-refractivity contribution in [1.82, 2.24) is 31.1 Å². The number of furan rings is 1. The molecule has 0 atom stereocenters. The molecule has 2 aromatic rings. The lowest BCUT2D eigenvalue weighted by Crippen LogP contribution is -2.42. The monoisotopic (exact) mass is 391 g/mol. The van der Waals surface area contributed by atoms with E-state index in [1.807, 2.05) is 33.8 Å². The number of carbonyl (C=O) groups is 1. The van der Waals surface area contributed by atoms with E-state index in [0.29, 0.717) is 43.6 Å². The molecule has 10 nitrogen and oxygen atoms in total. The van der Waals surface area contributed by atoms with Gasteiger partial charge in [0.2, 0.25) is 5.82 Å². The van der Waals surface area contributed by atoms with Crippen LogP contribution < -0.4 is 16.0 Å². The second-order valence-corrected chi connectivity index (χ2v) is 6.95. The van der Waals surface area contributed by atoms with Gasteiger partial charge in [0.05, 0.1) is 6.26 Å². The average Bonchev–Trinajstić information content (AvgIpc) is 3.28. The van der Waals surface area contributed by atoms with Crippen molar-refractivity contribution in [1.29, 1.82) is 0 Å². The molecule has 0 saturated carbocycles. The highest BCUT2D eigenvalue weighted by Gasteiger charge is 2.15. The Kier molecular flexibility index (Phi) is 7.85. The number of hydrogen-bond acceptors (Lipinski definition) is 6. The highest BCUT2D eigenvalue weighted by molar-refractivity contribution is 5.79. The molecule has 10 heteroatoms. The Morgan fingerprint density at radius 3 is 2.75 bits per heavy atom. The van der Waals surface area contributed by atoms with Crippen molar-refractivity contribution in [3.8, 4) is 11.6 Å². The maximum absolute atomic E-state index is 11.6. The normalized spacial score (nSPS) is 11.9. The first-order valence-electron chi connectivity index (χ1n) is 9.31. The van der Waals surface area contributed by atoms with E-state index >= 15 is 0 Å². The van der Waals surface area contributed by atoms with Crippen LogP contribution in [0.4, 0.5) is 4.79 Å². The summed E-state index contributed by atoms with van der Waals surface area (Å²) >= 11 is 0. The van der Waals surface area contributed by atoms with Crippen molar-refractivity contribution in [3.05, 3.63) is 24.2 Å². The van der Waals surface area contributed by atoms with Crippen molar-refractivity contribution >= 4 is 12.1 Å². The lowest BCUT2D eigenvalue weighted by molar-refractivity contribution is 0.0529. The van der Waals surface area contributed by atoms with Gasteiger partial charge in [-0.25, -0.2) is 9.78 Å². The third-order valence-corrected chi connectivity index (χ3v) is 3.32. The topological polar surface area (TPSA) is 129 Å². The van der Waals surface area contributed by atoms with Crippen molar-refractivity contribution in [2.75, 3.05) is 26.2 Å². The van der Waals surface area contributed by atoms with E-state index in [-0.39, 0.29) is 0 Å². The summed E-state index contributed by atoms with van der Waals surface area (Å²) in [6.45, 7) is 9.68. The predicted molar refractivity (Wildman–Crippen MR) is 106 cm³/mol. The minimum Gasteiger partial charge on any atom is -0.461 e. The SMILES string of the molecule is CCNC(=NCCc1nc(-c2ccco2)n[nH]1)NCCNC(=O)OC(C)(C)C. The number of aromatic nitrogens is 3. The van der Waals surface area contributed by atoms with E-state index in [1.165, 1.54) is 0 Å². The van der Waals surface area contributed by atoms with Crippen LogP contribution in [-0.4, -0.2) is 59.0 Å². The Balaban J connectivity index is 1.73. The van der Waals surface area contributed by atoms with Gasteiger partial charge in [0, 0.05) is 32.6 Å². The third-order valence-electron chi connectivity index (χ3n) is 3.32. The Hall–Kier alpha value is -3.04. The van der Waals surface area contributed by atoms with Crippen molar-refractivity contribution in [2.24, 2.45) is 4.99 Å². The van der Waals surface area contributed by atoms with E-state index in [2.05, 4.69) is 36.1 Å². The maximum atomic E-state index is 11.6. The Morgan fingerprint density at radius 1 is 1.29 bits per heavy atom. The van der Waals surface area contributed by atoms with Gasteiger partial charge in [0.15, 0.2) is 11.7 Å². The van der Waals surface area contributed by atoms with Crippen LogP contribution in [0.3, 0.4) is 0 Å². The lowest BCUT2D eigenvalue weighted by Gasteiger charge is -2.19. The molecular weight excluding hydrogens is 362 g/mol. The first kappa shape index (κ1) is 21.3. The maximum Gasteiger partial charge on any atom is 0.407 e. The molecule has 1 amide bonds. The predicted octanol–water partition coefficient (Wildman–Crippen LogP) is 1.69. The molecule has 4 N–H and O–H groups in total. The molecule has 0 aromatic carbocycles. The number of amides is 1. The summed E-state index contributed by atoms with van der Waals surface area (Å²) < 4.78 is 10.5. The Morgan fingerprint density at radius 2 is 2.07 bits per heavy atom. The quantitative estimate of drug-likeness (QED) is 0.306. The standard InChI is InChI=1S/C18H29N7O3/c1-5-19-16(21-10-11-22-17(26)28-18(2,3)4)20-9-8-14-23-15(25-24-14)13-7-6-12-27-13/h6-7,12H,5,8-11H2,1-4H3,(H,22,26)(H2,19,20,21)(H,23,24,25). The summed E-state index contributed by atoms with van der Waals surface area (Å²) in [7, 11) is 0. The largest absolute Gasteiger partial charge is 0.461 e. The molecule has 0 spiro atoms. The smallest absolute Gasteiger partial charge is 0.407 e. The van der Waals surface area contributed by atoms with Crippen LogP contribution in [0, 0.1) is 0 Å². The fourth-order valence-electron chi connectivity index (χ4n) is 2.20. The van der Waals surface area contributed by atoms with Gasteiger partial charge in [-0.2, -0.15) is 5.10 Å². The van der Waals surface area contributed by atoms with Gasteiger partial charge >= 0.3 is 6.09 Å². The van der Waals surface area contributed by atoms with E-state index < -0.39 is 11.7 Å². The third kappa shape index (κ3) is 7.68. The fraction of sp³-hybridized carbons (Fsp3) is 0.556. The number of nitrogens with one attached hydrogen (secondary N) is 4. The van der Waals surface area contributed by atoms with E-state index in [4.69, 9.17) is 9.15 Å². The zero-order chi connectivity index (χ0) is 20.4. The molecule has 0 aliphatic carbocycles. The number of rotatable bonds is 8. The van der Waals surface area contributed by atoms with Crippen molar-refractivity contribution in [3.63, 3.8) is 0 Å². The van der Waals surface area contributed by atoms with Gasteiger partial charge in [-0.1, -0.05) is 0 Å². The molecule has 2 heterocycles. The molecule has 0 unspecified atom stereocenters. The van der Waals surface area contributed by atoms with Crippen molar-refractivity contribution < 1.29 is 13.9 Å². The molecule has 0 bridgehead atoms. The molecule has 2 rings (SSSR count). The van der Waals surface area contributed by atoms with Crippen LogP contribution >= 0.6 is 0 Å². The number of aliphatic imine (C=N–C) groups is 1. The molecule has 2 aromatic heterocycles. The number of alkyl carbamates (subject to hydrolysis) is 1. The number of carbonyl (C=O) groups excluding carboxylic acids is 1. The summed E-state index contributed by atoms with van der Waals surface area (Å²) in [6, 6.07) is 3.60. The van der Waals surface area contributed by atoms with Crippen LogP contribution in [0.5, 0.6) is 0 Å². The van der Waals surface area contributed by atoms with Gasteiger partial charge < -0.3 is 25.1 Å². The zero-order valence-corrected chi connectivity index (χ0v) is 16.8. The first-order valence-corrected chi connectivity index (χ1v) is 9.31. The first-order chi connectivity index (χ1) is 13.4. The van der Waals surface area contributed by atoms with Gasteiger partial charge in [-0.15, -0.1) is 0 Å². The molecule has 0 radical (unpaired) electrons. The van der Waals surface area contributed by atoms with Crippen LogP contribution in [0.15, 0.2) is 27.8 Å². The van der Waals surface area contributed by atoms with E-state index in [1.54, 1.807) is 12.3 Å². The molecule has 0 fully saturated rings.